The van der Waals surface area contributed by atoms with Crippen LogP contribution in [0, 0.1) is 5.82 Å². The summed E-state index contributed by atoms with van der Waals surface area (Å²) >= 11 is 0. The van der Waals surface area contributed by atoms with Crippen LogP contribution in [0.5, 0.6) is 5.75 Å². The molecule has 0 bridgehead atoms. The minimum absolute atomic E-state index is 0.0942. The highest BCUT2D eigenvalue weighted by atomic mass is 19.1. The van der Waals surface area contributed by atoms with E-state index in [9.17, 15) is 4.39 Å². The van der Waals surface area contributed by atoms with Crippen LogP contribution < -0.4 is 9.64 Å². The molecule has 0 saturated heterocycles. The summed E-state index contributed by atoms with van der Waals surface area (Å²) in [6.45, 7) is 8.39. The van der Waals surface area contributed by atoms with Crippen molar-refractivity contribution in [1.29, 1.82) is 0 Å². The summed E-state index contributed by atoms with van der Waals surface area (Å²) in [6, 6.07) is 13.0. The van der Waals surface area contributed by atoms with E-state index in [1.165, 1.54) is 17.8 Å². The number of nitrogens with zero attached hydrogens (tertiary/aromatic N) is 4. The molecule has 0 N–H and O–H groups in total. The molecule has 0 spiro atoms. The fourth-order valence-corrected chi connectivity index (χ4v) is 4.05. The number of fused-ring (bicyclic) bond motifs is 2. The van der Waals surface area contributed by atoms with Crippen LogP contribution >= 0.6 is 0 Å². The third-order valence-electron chi connectivity index (χ3n) is 5.34. The van der Waals surface area contributed by atoms with E-state index >= 15 is 0 Å². The highest BCUT2D eigenvalue weighted by Gasteiger charge is 2.26. The van der Waals surface area contributed by atoms with E-state index in [4.69, 9.17) is 4.74 Å². The van der Waals surface area contributed by atoms with Crippen LogP contribution in [0.1, 0.15) is 19.7 Å². The van der Waals surface area contributed by atoms with Crippen LogP contribution in [0.25, 0.3) is 11.0 Å². The van der Waals surface area contributed by atoms with Crippen molar-refractivity contribution in [2.75, 3.05) is 31.6 Å². The number of aromatic nitrogens is 2. The highest BCUT2D eigenvalue weighted by molar-refractivity contribution is 5.76. The molecular weight excluding hydrogens is 355 g/mol. The second-order valence-electron chi connectivity index (χ2n) is 7.35. The quantitative estimate of drug-likeness (QED) is 0.647. The van der Waals surface area contributed by atoms with Crippen molar-refractivity contribution in [2.45, 2.75) is 33.0 Å². The van der Waals surface area contributed by atoms with Crippen molar-refractivity contribution in [3.63, 3.8) is 0 Å². The summed E-state index contributed by atoms with van der Waals surface area (Å²) in [4.78, 5) is 9.27. The van der Waals surface area contributed by atoms with Crippen LogP contribution in [-0.2, 0) is 13.1 Å². The summed E-state index contributed by atoms with van der Waals surface area (Å²) in [5.74, 6) is 1.65. The first kappa shape index (κ1) is 18.7. The Balaban J connectivity index is 1.49. The molecule has 0 saturated carbocycles. The number of likely N-dealkylation sites (N-methyl/N-ethyl adjacent to an activating group) is 2. The molecule has 3 aromatic rings. The topological polar surface area (TPSA) is 33.5 Å². The van der Waals surface area contributed by atoms with E-state index in [0.29, 0.717) is 12.1 Å². The zero-order valence-corrected chi connectivity index (χ0v) is 16.7. The molecule has 1 aliphatic heterocycles. The number of benzene rings is 2. The van der Waals surface area contributed by atoms with Crippen LogP contribution in [0.3, 0.4) is 0 Å². The van der Waals surface area contributed by atoms with E-state index in [-0.39, 0.29) is 11.9 Å². The molecule has 2 heterocycles. The Labute approximate surface area is 165 Å². The molecule has 28 heavy (non-hydrogen) atoms. The molecular formula is C22H27FN4O. The molecule has 0 radical (unpaired) electrons. The van der Waals surface area contributed by atoms with Crippen LogP contribution in [0.2, 0.25) is 0 Å². The zero-order chi connectivity index (χ0) is 19.7. The third kappa shape index (κ3) is 3.56. The van der Waals surface area contributed by atoms with Gasteiger partial charge in [-0.1, -0.05) is 12.1 Å². The maximum Gasteiger partial charge on any atom is 0.143 e. The Bertz CT molecular complexity index is 970. The van der Waals surface area contributed by atoms with Crippen molar-refractivity contribution in [1.82, 2.24) is 14.5 Å². The largest absolute Gasteiger partial charge is 0.485 e. The van der Waals surface area contributed by atoms with Gasteiger partial charge in [-0.2, -0.15) is 0 Å². The minimum Gasteiger partial charge on any atom is -0.485 e. The van der Waals surface area contributed by atoms with E-state index < -0.39 is 0 Å². The van der Waals surface area contributed by atoms with Crippen LogP contribution in [0.15, 0.2) is 42.5 Å². The normalized spacial score (nSPS) is 16.5. The van der Waals surface area contributed by atoms with Crippen molar-refractivity contribution in [3.05, 3.63) is 54.1 Å². The molecule has 1 atom stereocenters. The van der Waals surface area contributed by atoms with Gasteiger partial charge in [0, 0.05) is 25.7 Å². The lowest BCUT2D eigenvalue weighted by Gasteiger charge is -2.37. The molecule has 4 rings (SSSR count). The van der Waals surface area contributed by atoms with Gasteiger partial charge in [0.25, 0.3) is 0 Å². The van der Waals surface area contributed by atoms with Crippen molar-refractivity contribution < 1.29 is 9.13 Å². The molecule has 0 fully saturated rings. The van der Waals surface area contributed by atoms with Crippen molar-refractivity contribution in [2.24, 2.45) is 0 Å². The smallest absolute Gasteiger partial charge is 0.143 e. The average Bonchev–Trinajstić information content (AvgIpc) is 3.02. The van der Waals surface area contributed by atoms with Gasteiger partial charge < -0.3 is 14.2 Å². The summed E-state index contributed by atoms with van der Waals surface area (Å²) in [7, 11) is 2.08. The van der Waals surface area contributed by atoms with Crippen molar-refractivity contribution >= 4 is 16.7 Å². The predicted octanol–water partition coefficient (Wildman–Crippen LogP) is 3.91. The highest BCUT2D eigenvalue weighted by Crippen LogP contribution is 2.33. The number of aryl methyl sites for hydroxylation is 1. The van der Waals surface area contributed by atoms with E-state index in [1.807, 2.05) is 18.2 Å². The number of ether oxygens (including phenoxy) is 1. The first-order chi connectivity index (χ1) is 13.6. The number of para-hydroxylation sites is 2. The number of anilines is 1. The first-order valence-corrected chi connectivity index (χ1v) is 9.92. The molecule has 0 aliphatic carbocycles. The Morgan fingerprint density at radius 1 is 1.18 bits per heavy atom. The molecule has 148 valence electrons. The van der Waals surface area contributed by atoms with E-state index in [2.05, 4.69) is 52.4 Å². The second kappa shape index (κ2) is 7.80. The molecule has 0 unspecified atom stereocenters. The van der Waals surface area contributed by atoms with Gasteiger partial charge in [-0.15, -0.1) is 0 Å². The van der Waals surface area contributed by atoms with Crippen molar-refractivity contribution in [3.8, 4) is 5.75 Å². The Hall–Kier alpha value is -2.60. The second-order valence-corrected chi connectivity index (χ2v) is 7.35. The summed E-state index contributed by atoms with van der Waals surface area (Å²) in [5.41, 5.74) is 2.86. The first-order valence-electron chi connectivity index (χ1n) is 9.92. The molecule has 6 heteroatoms. The standard InChI is InChI=1S/C22H27FN4O/c1-4-26-14-17(28-21-9-7-6-8-20(21)26)13-25(3)15-22-24-18-12-16(23)10-11-19(18)27(22)5-2/h6-12,17H,4-5,13-15H2,1-3H3/t17-/m1/s1. The lowest BCUT2D eigenvalue weighted by Crippen LogP contribution is -2.45. The number of rotatable bonds is 6. The summed E-state index contributed by atoms with van der Waals surface area (Å²) < 4.78 is 22.0. The number of imidazole rings is 1. The summed E-state index contributed by atoms with van der Waals surface area (Å²) in [5, 5.41) is 0. The molecule has 5 nitrogen and oxygen atoms in total. The van der Waals surface area contributed by atoms with Gasteiger partial charge in [0.2, 0.25) is 0 Å². The third-order valence-corrected chi connectivity index (χ3v) is 5.34. The van der Waals surface area contributed by atoms with Crippen LogP contribution in [-0.4, -0.2) is 47.2 Å². The van der Waals surface area contributed by atoms with E-state index in [0.717, 1.165) is 43.3 Å². The lowest BCUT2D eigenvalue weighted by atomic mass is 10.2. The predicted molar refractivity (Wildman–Crippen MR) is 110 cm³/mol. The molecule has 0 amide bonds. The number of halogens is 1. The maximum absolute atomic E-state index is 13.6. The number of hydrogen-bond donors (Lipinski definition) is 0. The SMILES string of the molecule is CCN1C[C@@H](CN(C)Cc2nc3cc(F)ccc3n2CC)Oc2ccccc21. The molecule has 1 aromatic heterocycles. The Kier molecular flexibility index (Phi) is 5.22. The van der Waals surface area contributed by atoms with Gasteiger partial charge in [0.1, 0.15) is 23.5 Å². The Morgan fingerprint density at radius 3 is 2.79 bits per heavy atom. The number of hydrogen-bond acceptors (Lipinski definition) is 4. The Morgan fingerprint density at radius 2 is 2.00 bits per heavy atom. The van der Waals surface area contributed by atoms with Gasteiger partial charge >= 0.3 is 0 Å². The van der Waals surface area contributed by atoms with Gasteiger partial charge in [0.15, 0.2) is 0 Å². The molecule has 1 aliphatic rings. The lowest BCUT2D eigenvalue weighted by molar-refractivity contribution is 0.138. The minimum atomic E-state index is -0.248. The maximum atomic E-state index is 13.6. The average molecular weight is 382 g/mol. The van der Waals surface area contributed by atoms with E-state index in [1.54, 1.807) is 0 Å². The van der Waals surface area contributed by atoms with Gasteiger partial charge in [-0.25, -0.2) is 9.37 Å². The fourth-order valence-electron chi connectivity index (χ4n) is 4.05. The summed E-state index contributed by atoms with van der Waals surface area (Å²) in [6.07, 6.45) is 0.0942. The molecule has 2 aromatic carbocycles. The zero-order valence-electron chi connectivity index (χ0n) is 16.7. The fraction of sp³-hybridized carbons (Fsp3) is 0.409. The monoisotopic (exact) mass is 382 g/mol. The van der Waals surface area contributed by atoms with Gasteiger partial charge in [-0.05, 0) is 45.2 Å². The van der Waals surface area contributed by atoms with Gasteiger partial charge in [0.05, 0.1) is 29.8 Å². The van der Waals surface area contributed by atoms with Gasteiger partial charge in [-0.3, -0.25) is 4.90 Å². The van der Waals surface area contributed by atoms with Crippen LogP contribution in [0.4, 0.5) is 10.1 Å².